The number of nitrogens with zero attached hydrogens (tertiary/aromatic N) is 2. The van der Waals surface area contributed by atoms with E-state index in [4.69, 9.17) is 25.9 Å². The second-order valence-electron chi connectivity index (χ2n) is 5.27. The molecule has 138 valence electrons. The minimum absolute atomic E-state index is 0.199. The summed E-state index contributed by atoms with van der Waals surface area (Å²) in [6.07, 6.45) is 0.514. The smallest absolute Gasteiger partial charge is 0.409 e. The molecule has 0 saturated heterocycles. The molecule has 0 heterocycles. The highest BCUT2D eigenvalue weighted by molar-refractivity contribution is 7.52. The van der Waals surface area contributed by atoms with Crippen molar-refractivity contribution in [2.45, 2.75) is 6.42 Å². The number of guanidine groups is 2. The van der Waals surface area contributed by atoms with E-state index >= 15 is 0 Å². The molecule has 2 aromatic rings. The van der Waals surface area contributed by atoms with Gasteiger partial charge in [0.15, 0.2) is 0 Å². The second-order valence-corrected chi connectivity index (χ2v) is 7.24. The average molecular weight is 375 g/mol. The molecule has 2 rings (SSSR count). The Morgan fingerprint density at radius 3 is 2.23 bits per heavy atom. The standard InChI is InChI=1S/C17H22N5O3P/c1-24-26(23,25-15-10-6-3-7-11-15)22(17(20)21-16(18)19)13-12-14-8-4-2-5-9-14/h2-11H,12-13H2,1H3,(H5,18,19,20,21). The molecule has 1 unspecified atom stereocenters. The Morgan fingerprint density at radius 1 is 1.12 bits per heavy atom. The normalized spacial score (nSPS) is 13.7. The molecular formula is C17H22N5O3P. The second kappa shape index (κ2) is 9.03. The van der Waals surface area contributed by atoms with Crippen LogP contribution in [0.3, 0.4) is 0 Å². The van der Waals surface area contributed by atoms with E-state index in [1.807, 2.05) is 36.4 Å². The number of rotatable bonds is 7. The van der Waals surface area contributed by atoms with Gasteiger partial charge in [0.25, 0.3) is 0 Å². The van der Waals surface area contributed by atoms with Crippen molar-refractivity contribution in [3.05, 3.63) is 66.2 Å². The van der Waals surface area contributed by atoms with E-state index in [1.165, 1.54) is 11.8 Å². The molecule has 0 aliphatic carbocycles. The molecule has 0 fully saturated rings. The lowest BCUT2D eigenvalue weighted by Crippen LogP contribution is -2.39. The Bertz CT molecular complexity index is 799. The third-order valence-corrected chi connectivity index (χ3v) is 5.34. The molecule has 0 aliphatic rings. The van der Waals surface area contributed by atoms with Crippen LogP contribution >= 0.6 is 7.75 Å². The number of para-hydroxylation sites is 1. The van der Waals surface area contributed by atoms with Gasteiger partial charge in [0.1, 0.15) is 5.75 Å². The fraction of sp³-hybridized carbons (Fsp3) is 0.176. The summed E-state index contributed by atoms with van der Waals surface area (Å²) in [6.45, 7) is 0.199. The van der Waals surface area contributed by atoms with E-state index in [9.17, 15) is 4.57 Å². The van der Waals surface area contributed by atoms with Crippen LogP contribution in [0.5, 0.6) is 5.75 Å². The molecule has 26 heavy (non-hydrogen) atoms. The molecule has 0 aromatic heterocycles. The van der Waals surface area contributed by atoms with Crippen molar-refractivity contribution in [1.29, 1.82) is 5.41 Å². The van der Waals surface area contributed by atoms with Gasteiger partial charge >= 0.3 is 7.75 Å². The zero-order valence-corrected chi connectivity index (χ0v) is 15.3. The maximum Gasteiger partial charge on any atom is 0.491 e. The number of hydrogen-bond donors (Lipinski definition) is 3. The van der Waals surface area contributed by atoms with Gasteiger partial charge in [0.05, 0.1) is 0 Å². The van der Waals surface area contributed by atoms with Crippen LogP contribution in [0.25, 0.3) is 0 Å². The maximum absolute atomic E-state index is 13.3. The summed E-state index contributed by atoms with van der Waals surface area (Å²) in [5.74, 6) is -0.359. The van der Waals surface area contributed by atoms with Crippen LogP contribution in [0, 0.1) is 5.41 Å². The van der Waals surface area contributed by atoms with Crippen LogP contribution < -0.4 is 16.0 Å². The van der Waals surface area contributed by atoms with E-state index in [0.29, 0.717) is 12.2 Å². The molecule has 9 heteroatoms. The highest BCUT2D eigenvalue weighted by Gasteiger charge is 2.36. The summed E-state index contributed by atoms with van der Waals surface area (Å²) in [5, 5.41) is 7.31. The van der Waals surface area contributed by atoms with Gasteiger partial charge in [-0.15, -0.1) is 0 Å². The third kappa shape index (κ3) is 5.34. The quantitative estimate of drug-likeness (QED) is 0.388. The molecule has 0 spiro atoms. The summed E-state index contributed by atoms with van der Waals surface area (Å²) >= 11 is 0. The Hall–Kier alpha value is -2.83. The van der Waals surface area contributed by atoms with Crippen LogP contribution in [0.1, 0.15) is 5.56 Å². The van der Waals surface area contributed by atoms with Crippen molar-refractivity contribution < 1.29 is 13.6 Å². The van der Waals surface area contributed by atoms with Gasteiger partial charge < -0.3 is 16.0 Å². The Kier molecular flexibility index (Phi) is 6.77. The molecule has 0 aliphatic heterocycles. The lowest BCUT2D eigenvalue weighted by Gasteiger charge is -2.29. The zero-order chi connectivity index (χ0) is 19.0. The van der Waals surface area contributed by atoms with Crippen molar-refractivity contribution in [1.82, 2.24) is 4.67 Å². The molecule has 1 atom stereocenters. The van der Waals surface area contributed by atoms with Gasteiger partial charge in [-0.2, -0.15) is 4.99 Å². The molecule has 5 N–H and O–H groups in total. The molecule has 8 nitrogen and oxygen atoms in total. The van der Waals surface area contributed by atoms with E-state index in [-0.39, 0.29) is 12.5 Å². The average Bonchev–Trinajstić information content (AvgIpc) is 2.63. The molecule has 0 radical (unpaired) electrons. The summed E-state index contributed by atoms with van der Waals surface area (Å²) in [7, 11) is -2.59. The Morgan fingerprint density at radius 2 is 1.69 bits per heavy atom. The van der Waals surface area contributed by atoms with Crippen molar-refractivity contribution in [3.63, 3.8) is 0 Å². The van der Waals surface area contributed by atoms with E-state index < -0.39 is 13.7 Å². The predicted octanol–water partition coefficient (Wildman–Crippen LogP) is 2.57. The lowest BCUT2D eigenvalue weighted by molar-refractivity contribution is 0.277. The molecule has 0 saturated carbocycles. The summed E-state index contributed by atoms with van der Waals surface area (Å²) in [6, 6.07) is 18.2. The van der Waals surface area contributed by atoms with Crippen LogP contribution in [-0.4, -0.2) is 30.2 Å². The number of hydrogen-bond acceptors (Lipinski definition) is 4. The van der Waals surface area contributed by atoms with Crippen LogP contribution in [0.2, 0.25) is 0 Å². The number of nitrogens with two attached hydrogens (primary N) is 2. The van der Waals surface area contributed by atoms with E-state index in [2.05, 4.69) is 4.99 Å². The first-order chi connectivity index (χ1) is 12.4. The zero-order valence-electron chi connectivity index (χ0n) is 14.4. The van der Waals surface area contributed by atoms with Gasteiger partial charge in [-0.1, -0.05) is 48.5 Å². The highest BCUT2D eigenvalue weighted by atomic mass is 31.2. The minimum atomic E-state index is -3.86. The first-order valence-corrected chi connectivity index (χ1v) is 9.34. The predicted molar refractivity (Wildman–Crippen MR) is 102 cm³/mol. The third-order valence-electron chi connectivity index (χ3n) is 3.44. The molecule has 0 amide bonds. The summed E-state index contributed by atoms with van der Waals surface area (Å²) < 4.78 is 25.3. The van der Waals surface area contributed by atoms with Gasteiger partial charge in [-0.3, -0.25) is 9.93 Å². The minimum Gasteiger partial charge on any atom is -0.409 e. The first kappa shape index (κ1) is 19.5. The number of nitrogens with one attached hydrogen (secondary N) is 1. The number of benzene rings is 2. The van der Waals surface area contributed by atoms with Gasteiger partial charge in [-0.25, -0.2) is 9.24 Å². The fourth-order valence-electron chi connectivity index (χ4n) is 2.22. The van der Waals surface area contributed by atoms with Crippen molar-refractivity contribution in [2.24, 2.45) is 16.5 Å². The molecular weight excluding hydrogens is 353 g/mol. The monoisotopic (exact) mass is 375 g/mol. The Balaban J connectivity index is 2.30. The van der Waals surface area contributed by atoms with Crippen molar-refractivity contribution in [2.75, 3.05) is 13.7 Å². The van der Waals surface area contributed by atoms with Gasteiger partial charge in [0, 0.05) is 13.7 Å². The largest absolute Gasteiger partial charge is 0.491 e. The van der Waals surface area contributed by atoms with Crippen LogP contribution in [0.4, 0.5) is 0 Å². The van der Waals surface area contributed by atoms with Crippen LogP contribution in [-0.2, 0) is 15.5 Å². The molecule has 2 aromatic carbocycles. The van der Waals surface area contributed by atoms with Gasteiger partial charge in [-0.05, 0) is 24.1 Å². The number of aliphatic imine (C=N–C) groups is 1. The van der Waals surface area contributed by atoms with E-state index in [1.54, 1.807) is 24.3 Å². The maximum atomic E-state index is 13.3. The fourth-order valence-corrected chi connectivity index (χ4v) is 3.62. The Labute approximate surface area is 152 Å². The van der Waals surface area contributed by atoms with Crippen LogP contribution in [0.15, 0.2) is 65.7 Å². The van der Waals surface area contributed by atoms with Crippen molar-refractivity contribution >= 4 is 19.7 Å². The topological polar surface area (TPSA) is 127 Å². The van der Waals surface area contributed by atoms with Gasteiger partial charge in [0.2, 0.25) is 11.9 Å². The molecule has 0 bridgehead atoms. The summed E-state index contributed by atoms with van der Waals surface area (Å²) in [4.78, 5) is 3.69. The SMILES string of the molecule is COP(=O)(Oc1ccccc1)N(CCc1ccccc1)/C(N)=N\C(=N)N. The summed E-state index contributed by atoms with van der Waals surface area (Å²) in [5.41, 5.74) is 12.2. The lowest BCUT2D eigenvalue weighted by atomic mass is 10.1. The highest BCUT2D eigenvalue weighted by Crippen LogP contribution is 2.51. The van der Waals surface area contributed by atoms with Crippen molar-refractivity contribution in [3.8, 4) is 5.75 Å². The van der Waals surface area contributed by atoms with E-state index in [0.717, 1.165) is 5.56 Å². The first-order valence-electron chi connectivity index (χ1n) is 7.85.